The second-order valence-corrected chi connectivity index (χ2v) is 5.79. The fraction of sp³-hybridized carbons (Fsp3) is 0.222. The average molecular weight is 372 g/mol. The molecule has 0 aromatic heterocycles. The van der Waals surface area contributed by atoms with Gasteiger partial charge in [-0.05, 0) is 5.56 Å². The van der Waals surface area contributed by atoms with E-state index in [9.17, 15) is 19.7 Å². The van der Waals surface area contributed by atoms with Gasteiger partial charge in [0.15, 0.2) is 18.1 Å². The molecule has 9 nitrogen and oxygen atoms in total. The van der Waals surface area contributed by atoms with Crippen LogP contribution in [-0.4, -0.2) is 42.1 Å². The van der Waals surface area contributed by atoms with Crippen molar-refractivity contribution in [3.05, 3.63) is 63.7 Å². The largest absolute Gasteiger partial charge is 0.454 e. The maximum Gasteiger partial charge on any atom is 0.345 e. The summed E-state index contributed by atoms with van der Waals surface area (Å²) in [4.78, 5) is 36.3. The van der Waals surface area contributed by atoms with E-state index in [-0.39, 0.29) is 23.9 Å². The number of likely N-dealkylation sites (N-methyl/N-ethyl adjacent to an activating group) is 1. The number of ether oxygens (including phenoxy) is 3. The van der Waals surface area contributed by atoms with Crippen molar-refractivity contribution in [1.29, 1.82) is 0 Å². The molecule has 27 heavy (non-hydrogen) atoms. The van der Waals surface area contributed by atoms with E-state index in [0.29, 0.717) is 6.54 Å². The number of fused-ring (bicyclic) bond motifs is 1. The van der Waals surface area contributed by atoms with E-state index in [0.717, 1.165) is 11.6 Å². The molecule has 9 heteroatoms. The van der Waals surface area contributed by atoms with Gasteiger partial charge in [-0.2, -0.15) is 0 Å². The highest BCUT2D eigenvalue weighted by Crippen LogP contribution is 2.38. The van der Waals surface area contributed by atoms with Gasteiger partial charge in [-0.1, -0.05) is 30.3 Å². The Labute approximate surface area is 154 Å². The van der Waals surface area contributed by atoms with E-state index in [2.05, 4.69) is 0 Å². The van der Waals surface area contributed by atoms with Gasteiger partial charge >= 0.3 is 5.97 Å². The van der Waals surface area contributed by atoms with Gasteiger partial charge in [0.25, 0.3) is 11.6 Å². The van der Waals surface area contributed by atoms with Crippen LogP contribution in [0.2, 0.25) is 0 Å². The van der Waals surface area contributed by atoms with E-state index in [1.54, 1.807) is 7.05 Å². The van der Waals surface area contributed by atoms with Crippen molar-refractivity contribution in [1.82, 2.24) is 4.90 Å². The number of nitro groups is 1. The number of carbonyl (C=O) groups excluding carboxylic acids is 2. The fourth-order valence-corrected chi connectivity index (χ4v) is 2.51. The lowest BCUT2D eigenvalue weighted by Crippen LogP contribution is -2.30. The molecule has 1 amide bonds. The third kappa shape index (κ3) is 4.14. The number of amides is 1. The highest BCUT2D eigenvalue weighted by molar-refractivity contribution is 5.96. The second kappa shape index (κ2) is 7.73. The van der Waals surface area contributed by atoms with Crippen molar-refractivity contribution in [3.8, 4) is 11.5 Å². The third-order valence-corrected chi connectivity index (χ3v) is 3.92. The van der Waals surface area contributed by atoms with Crippen LogP contribution in [0.15, 0.2) is 42.5 Å². The maximum atomic E-state index is 12.3. The predicted molar refractivity (Wildman–Crippen MR) is 92.4 cm³/mol. The first kappa shape index (κ1) is 18.2. The van der Waals surface area contributed by atoms with E-state index in [1.165, 1.54) is 11.0 Å². The van der Waals surface area contributed by atoms with Gasteiger partial charge in [0.2, 0.25) is 6.79 Å². The van der Waals surface area contributed by atoms with E-state index >= 15 is 0 Å². The summed E-state index contributed by atoms with van der Waals surface area (Å²) in [5.74, 6) is -1.03. The Balaban J connectivity index is 1.65. The monoisotopic (exact) mass is 372 g/mol. The summed E-state index contributed by atoms with van der Waals surface area (Å²) in [6.07, 6.45) is 0. The van der Waals surface area contributed by atoms with Gasteiger partial charge < -0.3 is 19.1 Å². The molecule has 140 valence electrons. The standard InChI is InChI=1S/C18H16N2O7/c1-19(9-12-5-3-2-4-6-12)17(21)10-25-18(22)13-7-15-16(27-11-26-15)8-14(13)20(23)24/h2-8H,9-11H2,1H3. The van der Waals surface area contributed by atoms with Crippen LogP contribution in [0.25, 0.3) is 0 Å². The molecule has 0 unspecified atom stereocenters. The van der Waals surface area contributed by atoms with Crippen LogP contribution in [0.5, 0.6) is 11.5 Å². The Hall–Kier alpha value is -3.62. The van der Waals surface area contributed by atoms with Crippen molar-refractivity contribution < 1.29 is 28.7 Å². The molecule has 0 fully saturated rings. The number of esters is 1. The van der Waals surface area contributed by atoms with Crippen molar-refractivity contribution in [2.24, 2.45) is 0 Å². The van der Waals surface area contributed by atoms with Gasteiger partial charge in [0.05, 0.1) is 11.0 Å². The van der Waals surface area contributed by atoms with Crippen LogP contribution in [0, 0.1) is 10.1 Å². The zero-order chi connectivity index (χ0) is 19.4. The average Bonchev–Trinajstić information content (AvgIpc) is 3.13. The lowest BCUT2D eigenvalue weighted by Gasteiger charge is -2.17. The summed E-state index contributed by atoms with van der Waals surface area (Å²) in [6, 6.07) is 11.6. The quantitative estimate of drug-likeness (QED) is 0.434. The molecule has 0 saturated heterocycles. The Bertz CT molecular complexity index is 883. The van der Waals surface area contributed by atoms with Crippen molar-refractivity contribution in [3.63, 3.8) is 0 Å². The van der Waals surface area contributed by atoms with Gasteiger partial charge in [0.1, 0.15) is 5.56 Å². The molecule has 1 aliphatic rings. The molecule has 0 N–H and O–H groups in total. The molecule has 2 aromatic carbocycles. The first-order valence-electron chi connectivity index (χ1n) is 7.98. The second-order valence-electron chi connectivity index (χ2n) is 5.79. The number of hydrogen-bond donors (Lipinski definition) is 0. The molecule has 0 bridgehead atoms. The molecule has 1 aliphatic heterocycles. The van der Waals surface area contributed by atoms with Crippen LogP contribution < -0.4 is 9.47 Å². The molecule has 0 aliphatic carbocycles. The molecule has 0 saturated carbocycles. The normalized spacial score (nSPS) is 11.7. The van der Waals surface area contributed by atoms with Crippen molar-refractivity contribution in [2.75, 3.05) is 20.4 Å². The summed E-state index contributed by atoms with van der Waals surface area (Å²) in [5, 5.41) is 11.2. The smallest absolute Gasteiger partial charge is 0.345 e. The molecular weight excluding hydrogens is 356 g/mol. The third-order valence-electron chi connectivity index (χ3n) is 3.92. The van der Waals surface area contributed by atoms with Crippen LogP contribution in [0.1, 0.15) is 15.9 Å². The van der Waals surface area contributed by atoms with Crippen LogP contribution in [0.3, 0.4) is 0 Å². The van der Waals surface area contributed by atoms with Crippen LogP contribution in [-0.2, 0) is 16.1 Å². The number of rotatable bonds is 6. The van der Waals surface area contributed by atoms with E-state index in [1.807, 2.05) is 30.3 Å². The number of hydrogen-bond acceptors (Lipinski definition) is 7. The SMILES string of the molecule is CN(Cc1ccccc1)C(=O)COC(=O)c1cc2c(cc1[N+](=O)[O-])OCO2. The summed E-state index contributed by atoms with van der Waals surface area (Å²) in [7, 11) is 1.58. The van der Waals surface area contributed by atoms with Crippen molar-refractivity contribution in [2.45, 2.75) is 6.54 Å². The molecule has 0 radical (unpaired) electrons. The zero-order valence-corrected chi connectivity index (χ0v) is 14.4. The topological polar surface area (TPSA) is 108 Å². The first-order chi connectivity index (χ1) is 13.0. The van der Waals surface area contributed by atoms with Gasteiger partial charge in [-0.3, -0.25) is 14.9 Å². The minimum Gasteiger partial charge on any atom is -0.454 e. The zero-order valence-electron chi connectivity index (χ0n) is 14.4. The van der Waals surface area contributed by atoms with Crippen LogP contribution >= 0.6 is 0 Å². The van der Waals surface area contributed by atoms with Gasteiger partial charge in [-0.25, -0.2) is 4.79 Å². The van der Waals surface area contributed by atoms with Gasteiger partial charge in [-0.15, -0.1) is 0 Å². The number of nitrogens with zero attached hydrogens (tertiary/aromatic N) is 2. The molecular formula is C18H16N2O7. The highest BCUT2D eigenvalue weighted by Gasteiger charge is 2.28. The first-order valence-corrected chi connectivity index (χ1v) is 7.98. The minimum atomic E-state index is -0.985. The minimum absolute atomic E-state index is 0.0895. The Morgan fingerprint density at radius 1 is 1.19 bits per heavy atom. The van der Waals surface area contributed by atoms with Gasteiger partial charge in [0, 0.05) is 19.7 Å². The molecule has 3 rings (SSSR count). The molecule has 0 spiro atoms. The van der Waals surface area contributed by atoms with E-state index in [4.69, 9.17) is 14.2 Å². The number of carbonyl (C=O) groups is 2. The number of nitro benzene ring substituents is 1. The van der Waals surface area contributed by atoms with Crippen molar-refractivity contribution >= 4 is 17.6 Å². The Kier molecular flexibility index (Phi) is 5.20. The lowest BCUT2D eigenvalue weighted by molar-refractivity contribution is -0.385. The molecule has 0 atom stereocenters. The summed E-state index contributed by atoms with van der Waals surface area (Å²) < 4.78 is 15.2. The molecule has 2 aromatic rings. The summed E-state index contributed by atoms with van der Waals surface area (Å²) >= 11 is 0. The molecule has 1 heterocycles. The fourth-order valence-electron chi connectivity index (χ4n) is 2.51. The Morgan fingerprint density at radius 3 is 2.52 bits per heavy atom. The van der Waals surface area contributed by atoms with Crippen LogP contribution in [0.4, 0.5) is 5.69 Å². The summed E-state index contributed by atoms with van der Waals surface area (Å²) in [5.41, 5.74) is 0.142. The highest BCUT2D eigenvalue weighted by atomic mass is 16.7. The van der Waals surface area contributed by atoms with E-state index < -0.39 is 29.1 Å². The maximum absolute atomic E-state index is 12.3. The number of benzene rings is 2. The predicted octanol–water partition coefficient (Wildman–Crippen LogP) is 2.14. The Morgan fingerprint density at radius 2 is 1.85 bits per heavy atom. The lowest BCUT2D eigenvalue weighted by atomic mass is 10.1. The summed E-state index contributed by atoms with van der Waals surface area (Å²) in [6.45, 7) is -0.275.